The van der Waals surface area contributed by atoms with Crippen molar-refractivity contribution < 1.29 is 4.92 Å². The molecule has 0 atom stereocenters. The molecule has 0 aromatic heterocycles. The number of nitro groups is 1. The molecule has 0 unspecified atom stereocenters. The van der Waals surface area contributed by atoms with E-state index in [-0.39, 0.29) is 0 Å². The second-order valence-corrected chi connectivity index (χ2v) is 5.31. The summed E-state index contributed by atoms with van der Waals surface area (Å²) in [6, 6.07) is 15.1. The molecule has 0 aliphatic carbocycles. The largest absolute Gasteiger partial charge is 0.259 e. The zero-order chi connectivity index (χ0) is 13.7. The maximum absolute atomic E-state index is 10.2. The Labute approximate surface area is 120 Å². The average Bonchev–Trinajstić information content (AvgIpc) is 2.40. The molecule has 5 heteroatoms. The van der Waals surface area contributed by atoms with E-state index in [1.54, 1.807) is 11.8 Å². The molecule has 0 bridgehead atoms. The Morgan fingerprint density at radius 2 is 1.53 bits per heavy atom. The number of hydrogen-bond acceptors (Lipinski definition) is 3. The maximum Gasteiger partial charge on any atom is 0.235 e. The molecule has 0 saturated carbocycles. The first kappa shape index (κ1) is 13.6. The van der Waals surface area contributed by atoms with Crippen LogP contribution in [0.1, 0.15) is 5.56 Å². The Bertz CT molecular complexity index is 594. The SMILES string of the molecule is O=[N+]([O-])/C=C\c1ccc(Sc2ccc(Cl)cc2)cc1. The predicted molar refractivity (Wildman–Crippen MR) is 78.0 cm³/mol. The lowest BCUT2D eigenvalue weighted by Crippen LogP contribution is -1.82. The Morgan fingerprint density at radius 3 is 2.05 bits per heavy atom. The molecule has 96 valence electrons. The van der Waals surface area contributed by atoms with E-state index in [0.717, 1.165) is 21.6 Å². The van der Waals surface area contributed by atoms with E-state index >= 15 is 0 Å². The van der Waals surface area contributed by atoms with Crippen LogP contribution in [0.25, 0.3) is 6.08 Å². The predicted octanol–water partition coefficient (Wildman–Crippen LogP) is 4.74. The Balaban J connectivity index is 2.06. The van der Waals surface area contributed by atoms with Crippen LogP contribution in [0.3, 0.4) is 0 Å². The molecule has 2 aromatic rings. The zero-order valence-electron chi connectivity index (χ0n) is 9.82. The summed E-state index contributed by atoms with van der Waals surface area (Å²) < 4.78 is 0. The molecule has 0 heterocycles. The summed E-state index contributed by atoms with van der Waals surface area (Å²) in [6.45, 7) is 0. The topological polar surface area (TPSA) is 43.1 Å². The van der Waals surface area contributed by atoms with Gasteiger partial charge in [0.05, 0.1) is 4.92 Å². The third-order valence-corrected chi connectivity index (χ3v) is 3.59. The van der Waals surface area contributed by atoms with Gasteiger partial charge in [0.15, 0.2) is 0 Å². The standard InChI is InChI=1S/C14H10ClNO2S/c15-12-3-7-14(8-4-12)19-13-5-1-11(2-6-13)9-10-16(17)18/h1-10H/b10-9-. The maximum atomic E-state index is 10.2. The number of benzene rings is 2. The second kappa shape index (κ2) is 6.41. The molecule has 0 aliphatic rings. The molecule has 19 heavy (non-hydrogen) atoms. The first-order chi connectivity index (χ1) is 9.13. The van der Waals surface area contributed by atoms with Crippen LogP contribution >= 0.6 is 23.4 Å². The lowest BCUT2D eigenvalue weighted by Gasteiger charge is -2.02. The van der Waals surface area contributed by atoms with E-state index < -0.39 is 4.92 Å². The molecule has 0 aliphatic heterocycles. The van der Waals surface area contributed by atoms with Crippen LogP contribution in [0, 0.1) is 10.1 Å². The number of rotatable bonds is 4. The van der Waals surface area contributed by atoms with Crippen LogP contribution in [0.2, 0.25) is 5.02 Å². The van der Waals surface area contributed by atoms with Crippen molar-refractivity contribution in [3.05, 3.63) is 75.4 Å². The minimum absolute atomic E-state index is 0.476. The van der Waals surface area contributed by atoms with Crippen LogP contribution < -0.4 is 0 Å². The Hall–Kier alpha value is -1.78. The summed E-state index contributed by atoms with van der Waals surface area (Å²) in [7, 11) is 0. The fourth-order valence-electron chi connectivity index (χ4n) is 1.43. The molecule has 0 amide bonds. The first-order valence-electron chi connectivity index (χ1n) is 5.49. The van der Waals surface area contributed by atoms with Crippen molar-refractivity contribution >= 4 is 29.4 Å². The molecule has 0 N–H and O–H groups in total. The zero-order valence-corrected chi connectivity index (χ0v) is 11.4. The Kier molecular flexibility index (Phi) is 4.60. The van der Waals surface area contributed by atoms with Gasteiger partial charge in [-0.05, 0) is 42.0 Å². The number of hydrogen-bond donors (Lipinski definition) is 0. The second-order valence-electron chi connectivity index (χ2n) is 3.73. The average molecular weight is 292 g/mol. The van der Waals surface area contributed by atoms with Gasteiger partial charge in [0.2, 0.25) is 6.20 Å². The summed E-state index contributed by atoms with van der Waals surface area (Å²) >= 11 is 7.44. The molecule has 2 rings (SSSR count). The lowest BCUT2D eigenvalue weighted by atomic mass is 10.2. The lowest BCUT2D eigenvalue weighted by molar-refractivity contribution is -0.400. The number of halogens is 1. The van der Waals surface area contributed by atoms with Gasteiger partial charge in [-0.25, -0.2) is 0 Å². The molecular weight excluding hydrogens is 282 g/mol. The molecule has 0 spiro atoms. The van der Waals surface area contributed by atoms with Gasteiger partial charge in [-0.1, -0.05) is 35.5 Å². The van der Waals surface area contributed by atoms with Gasteiger partial charge < -0.3 is 0 Å². The van der Waals surface area contributed by atoms with Crippen molar-refractivity contribution in [1.82, 2.24) is 0 Å². The van der Waals surface area contributed by atoms with Gasteiger partial charge >= 0.3 is 0 Å². The van der Waals surface area contributed by atoms with E-state index in [1.165, 1.54) is 6.08 Å². The van der Waals surface area contributed by atoms with Gasteiger partial charge in [0.25, 0.3) is 0 Å². The minimum Gasteiger partial charge on any atom is -0.259 e. The van der Waals surface area contributed by atoms with E-state index in [9.17, 15) is 10.1 Å². The van der Waals surface area contributed by atoms with Crippen molar-refractivity contribution in [2.45, 2.75) is 9.79 Å². The smallest absolute Gasteiger partial charge is 0.235 e. The number of nitrogens with zero attached hydrogens (tertiary/aromatic N) is 1. The highest BCUT2D eigenvalue weighted by Gasteiger charge is 1.98. The van der Waals surface area contributed by atoms with Crippen LogP contribution in [-0.2, 0) is 0 Å². The summed E-state index contributed by atoms with van der Waals surface area (Å²) in [5.74, 6) is 0. The fourth-order valence-corrected chi connectivity index (χ4v) is 2.38. The van der Waals surface area contributed by atoms with Gasteiger partial charge in [0, 0.05) is 20.9 Å². The van der Waals surface area contributed by atoms with Crippen molar-refractivity contribution in [1.29, 1.82) is 0 Å². The highest BCUT2D eigenvalue weighted by atomic mass is 35.5. The van der Waals surface area contributed by atoms with Gasteiger partial charge in [-0.15, -0.1) is 0 Å². The Morgan fingerprint density at radius 1 is 1.00 bits per heavy atom. The van der Waals surface area contributed by atoms with E-state index in [1.807, 2.05) is 48.5 Å². The van der Waals surface area contributed by atoms with Crippen LogP contribution in [0.15, 0.2) is 64.5 Å². The van der Waals surface area contributed by atoms with Crippen LogP contribution in [0.5, 0.6) is 0 Å². The van der Waals surface area contributed by atoms with Crippen LogP contribution in [-0.4, -0.2) is 4.92 Å². The first-order valence-corrected chi connectivity index (χ1v) is 6.68. The van der Waals surface area contributed by atoms with E-state index in [4.69, 9.17) is 11.6 Å². The van der Waals surface area contributed by atoms with Crippen molar-refractivity contribution in [2.75, 3.05) is 0 Å². The molecule has 2 aromatic carbocycles. The van der Waals surface area contributed by atoms with Crippen molar-refractivity contribution in [3.8, 4) is 0 Å². The third-order valence-electron chi connectivity index (χ3n) is 2.32. The molecule has 0 radical (unpaired) electrons. The van der Waals surface area contributed by atoms with Crippen LogP contribution in [0.4, 0.5) is 0 Å². The third kappa shape index (κ3) is 4.43. The quantitative estimate of drug-likeness (QED) is 0.603. The highest BCUT2D eigenvalue weighted by Crippen LogP contribution is 2.28. The van der Waals surface area contributed by atoms with Crippen molar-refractivity contribution in [2.24, 2.45) is 0 Å². The molecule has 0 saturated heterocycles. The highest BCUT2D eigenvalue weighted by molar-refractivity contribution is 7.99. The minimum atomic E-state index is -0.476. The normalized spacial score (nSPS) is 10.8. The summed E-state index contributed by atoms with van der Waals surface area (Å²) in [5.41, 5.74) is 0.803. The fraction of sp³-hybridized carbons (Fsp3) is 0. The van der Waals surface area contributed by atoms with Gasteiger partial charge in [-0.2, -0.15) is 0 Å². The van der Waals surface area contributed by atoms with E-state index in [0.29, 0.717) is 5.02 Å². The monoisotopic (exact) mass is 291 g/mol. The van der Waals surface area contributed by atoms with Gasteiger partial charge in [0.1, 0.15) is 0 Å². The van der Waals surface area contributed by atoms with Crippen molar-refractivity contribution in [3.63, 3.8) is 0 Å². The van der Waals surface area contributed by atoms with Gasteiger partial charge in [-0.3, -0.25) is 10.1 Å². The summed E-state index contributed by atoms with van der Waals surface area (Å²) in [5, 5.41) is 10.9. The van der Waals surface area contributed by atoms with E-state index in [2.05, 4.69) is 0 Å². The molecule has 3 nitrogen and oxygen atoms in total. The molecular formula is C14H10ClNO2S. The molecule has 0 fully saturated rings. The summed E-state index contributed by atoms with van der Waals surface area (Å²) in [4.78, 5) is 11.9. The summed E-state index contributed by atoms with van der Waals surface area (Å²) in [6.07, 6.45) is 2.40.